The summed E-state index contributed by atoms with van der Waals surface area (Å²) >= 11 is 0. The summed E-state index contributed by atoms with van der Waals surface area (Å²) < 4.78 is 28.5. The number of hydrogen-bond acceptors (Lipinski definition) is 4. The van der Waals surface area contributed by atoms with Gasteiger partial charge in [-0.25, -0.2) is 13.1 Å². The van der Waals surface area contributed by atoms with Crippen LogP contribution in [0.3, 0.4) is 0 Å². The van der Waals surface area contributed by atoms with Gasteiger partial charge in [-0.2, -0.15) is 5.10 Å². The molecule has 0 aliphatic carbocycles. The molecule has 2 aromatic rings. The topological polar surface area (TPSA) is 90.0 Å². The second kappa shape index (κ2) is 5.64. The Labute approximate surface area is 118 Å². The summed E-state index contributed by atoms with van der Waals surface area (Å²) in [5, 5.41) is 4.19. The summed E-state index contributed by atoms with van der Waals surface area (Å²) in [6.07, 6.45) is 2.38. The minimum Gasteiger partial charge on any atom is -0.399 e. The van der Waals surface area contributed by atoms with Gasteiger partial charge in [-0.15, -0.1) is 0 Å². The van der Waals surface area contributed by atoms with Gasteiger partial charge in [0.2, 0.25) is 10.0 Å². The van der Waals surface area contributed by atoms with E-state index in [1.807, 2.05) is 19.3 Å². The molecule has 108 valence electrons. The number of hydrogen-bond donors (Lipinski definition) is 2. The highest BCUT2D eigenvalue weighted by Crippen LogP contribution is 2.16. The minimum atomic E-state index is -3.50. The average molecular weight is 294 g/mol. The van der Waals surface area contributed by atoms with E-state index in [1.165, 1.54) is 6.07 Å². The first kappa shape index (κ1) is 14.5. The molecule has 20 heavy (non-hydrogen) atoms. The van der Waals surface area contributed by atoms with Gasteiger partial charge >= 0.3 is 0 Å². The van der Waals surface area contributed by atoms with Gasteiger partial charge < -0.3 is 5.73 Å². The average Bonchev–Trinajstić information content (AvgIpc) is 2.78. The van der Waals surface area contributed by atoms with Gasteiger partial charge in [0.05, 0.1) is 10.6 Å². The van der Waals surface area contributed by atoms with Crippen molar-refractivity contribution in [3.05, 3.63) is 41.7 Å². The number of nitrogens with one attached hydrogen (secondary N) is 1. The summed E-state index contributed by atoms with van der Waals surface area (Å²) in [5.41, 5.74) is 7.86. The molecule has 1 aromatic carbocycles. The number of aromatic nitrogens is 2. The van der Waals surface area contributed by atoms with E-state index >= 15 is 0 Å². The molecule has 6 nitrogen and oxygen atoms in total. The predicted octanol–water partition coefficient (Wildman–Crippen LogP) is 0.832. The summed E-state index contributed by atoms with van der Waals surface area (Å²) in [6, 6.07) is 6.54. The van der Waals surface area contributed by atoms with Crippen molar-refractivity contribution in [2.75, 3.05) is 12.3 Å². The molecule has 1 heterocycles. The molecule has 0 bridgehead atoms. The Kier molecular flexibility index (Phi) is 4.10. The first-order valence-corrected chi connectivity index (χ1v) is 7.71. The lowest BCUT2D eigenvalue weighted by Gasteiger charge is -2.08. The van der Waals surface area contributed by atoms with Crippen LogP contribution in [0.1, 0.15) is 11.3 Å². The smallest absolute Gasteiger partial charge is 0.240 e. The molecule has 0 aliphatic heterocycles. The van der Waals surface area contributed by atoms with E-state index in [9.17, 15) is 8.42 Å². The lowest BCUT2D eigenvalue weighted by molar-refractivity contribution is 0.581. The van der Waals surface area contributed by atoms with E-state index in [0.717, 1.165) is 11.3 Å². The highest BCUT2D eigenvalue weighted by atomic mass is 32.2. The monoisotopic (exact) mass is 294 g/mol. The molecule has 0 unspecified atom stereocenters. The predicted molar refractivity (Wildman–Crippen MR) is 77.7 cm³/mol. The molecule has 0 atom stereocenters. The summed E-state index contributed by atoms with van der Waals surface area (Å²) in [7, 11) is -1.68. The maximum Gasteiger partial charge on any atom is 0.240 e. The Hall–Kier alpha value is -1.86. The van der Waals surface area contributed by atoms with E-state index in [4.69, 9.17) is 5.73 Å². The number of rotatable bonds is 5. The first-order chi connectivity index (χ1) is 9.38. The Morgan fingerprint density at radius 3 is 2.70 bits per heavy atom. The lowest BCUT2D eigenvalue weighted by Crippen LogP contribution is -2.26. The molecule has 0 saturated carbocycles. The molecule has 0 saturated heterocycles. The zero-order chi connectivity index (χ0) is 14.8. The molecule has 1 aromatic heterocycles. The van der Waals surface area contributed by atoms with Gasteiger partial charge in [0, 0.05) is 31.9 Å². The number of nitrogens with two attached hydrogens (primary N) is 1. The summed E-state index contributed by atoms with van der Waals surface area (Å²) in [6.45, 7) is 2.09. The molecule has 0 spiro atoms. The Morgan fingerprint density at radius 1 is 1.35 bits per heavy atom. The van der Waals surface area contributed by atoms with E-state index in [2.05, 4.69) is 9.82 Å². The van der Waals surface area contributed by atoms with Gasteiger partial charge in [0.1, 0.15) is 0 Å². The molecule has 3 N–H and O–H groups in total. The van der Waals surface area contributed by atoms with Crippen LogP contribution >= 0.6 is 0 Å². The lowest BCUT2D eigenvalue weighted by atomic mass is 10.2. The van der Waals surface area contributed by atoms with Crippen LogP contribution in [-0.4, -0.2) is 24.7 Å². The molecular formula is C13H18N4O2S. The molecular weight excluding hydrogens is 276 g/mol. The van der Waals surface area contributed by atoms with E-state index < -0.39 is 10.0 Å². The van der Waals surface area contributed by atoms with Gasteiger partial charge in [-0.1, -0.05) is 0 Å². The summed E-state index contributed by atoms with van der Waals surface area (Å²) in [4.78, 5) is 0.227. The van der Waals surface area contributed by atoms with Gasteiger partial charge in [0.15, 0.2) is 0 Å². The van der Waals surface area contributed by atoms with Crippen molar-refractivity contribution < 1.29 is 8.42 Å². The third-order valence-electron chi connectivity index (χ3n) is 2.99. The maximum atomic E-state index is 12.1. The van der Waals surface area contributed by atoms with E-state index in [1.54, 1.807) is 23.7 Å². The second-order valence-electron chi connectivity index (χ2n) is 4.65. The highest BCUT2D eigenvalue weighted by Gasteiger charge is 2.14. The molecule has 7 heteroatoms. The number of nitrogen functional groups attached to an aromatic ring is 1. The van der Waals surface area contributed by atoms with Crippen LogP contribution in [0.15, 0.2) is 35.4 Å². The van der Waals surface area contributed by atoms with Crippen LogP contribution < -0.4 is 10.5 Å². The van der Waals surface area contributed by atoms with Crippen LogP contribution in [0.5, 0.6) is 0 Å². The first-order valence-electron chi connectivity index (χ1n) is 6.23. The third-order valence-corrected chi connectivity index (χ3v) is 4.45. The number of sulfonamides is 1. The summed E-state index contributed by atoms with van der Waals surface area (Å²) in [5.74, 6) is 0. The molecule has 0 radical (unpaired) electrons. The number of aryl methyl sites for hydroxylation is 2. The van der Waals surface area contributed by atoms with Crippen molar-refractivity contribution in [2.24, 2.45) is 7.05 Å². The van der Waals surface area contributed by atoms with Crippen LogP contribution in [0, 0.1) is 6.92 Å². The van der Waals surface area contributed by atoms with E-state index in [-0.39, 0.29) is 4.90 Å². The zero-order valence-corrected chi connectivity index (χ0v) is 12.3. The van der Waals surface area contributed by atoms with Gasteiger partial charge in [0.25, 0.3) is 0 Å². The SMILES string of the molecule is Cc1cc(S(=O)(=O)NCCc2ccn(C)n2)ccc1N. The van der Waals surface area contributed by atoms with Crippen molar-refractivity contribution >= 4 is 15.7 Å². The normalized spacial score (nSPS) is 11.7. The molecule has 0 amide bonds. The number of nitrogens with zero attached hydrogens (tertiary/aromatic N) is 2. The highest BCUT2D eigenvalue weighted by molar-refractivity contribution is 7.89. The Bertz CT molecular complexity index is 707. The minimum absolute atomic E-state index is 0.227. The largest absolute Gasteiger partial charge is 0.399 e. The Morgan fingerprint density at radius 2 is 2.10 bits per heavy atom. The number of anilines is 1. The van der Waals surface area contributed by atoms with Crippen molar-refractivity contribution in [3.8, 4) is 0 Å². The van der Waals surface area contributed by atoms with Crippen molar-refractivity contribution in [1.29, 1.82) is 0 Å². The van der Waals surface area contributed by atoms with Crippen molar-refractivity contribution in [1.82, 2.24) is 14.5 Å². The zero-order valence-electron chi connectivity index (χ0n) is 11.5. The van der Waals surface area contributed by atoms with E-state index in [0.29, 0.717) is 18.7 Å². The second-order valence-corrected chi connectivity index (χ2v) is 6.41. The van der Waals surface area contributed by atoms with Gasteiger partial charge in [-0.05, 0) is 36.8 Å². The molecule has 0 aliphatic rings. The van der Waals surface area contributed by atoms with Crippen molar-refractivity contribution in [2.45, 2.75) is 18.2 Å². The van der Waals surface area contributed by atoms with Gasteiger partial charge in [-0.3, -0.25) is 4.68 Å². The van der Waals surface area contributed by atoms with Crippen LogP contribution in [-0.2, 0) is 23.5 Å². The Balaban J connectivity index is 2.02. The molecule has 0 fully saturated rings. The molecule has 2 rings (SSSR count). The van der Waals surface area contributed by atoms with Crippen LogP contribution in [0.25, 0.3) is 0 Å². The fraction of sp³-hybridized carbons (Fsp3) is 0.308. The van der Waals surface area contributed by atoms with Crippen LogP contribution in [0.4, 0.5) is 5.69 Å². The third kappa shape index (κ3) is 3.37. The number of benzene rings is 1. The standard InChI is InChI=1S/C13H18N4O2S/c1-10-9-12(3-4-13(10)14)20(18,19)15-7-5-11-6-8-17(2)16-11/h3-4,6,8-9,15H,5,7,14H2,1-2H3. The maximum absolute atomic E-state index is 12.1. The quantitative estimate of drug-likeness (QED) is 0.799. The fourth-order valence-electron chi connectivity index (χ4n) is 1.81. The van der Waals surface area contributed by atoms with Crippen LogP contribution in [0.2, 0.25) is 0 Å². The fourth-order valence-corrected chi connectivity index (χ4v) is 2.93. The van der Waals surface area contributed by atoms with Crippen molar-refractivity contribution in [3.63, 3.8) is 0 Å².